The van der Waals surface area contributed by atoms with Crippen LogP contribution in [0.4, 0.5) is 0 Å². The van der Waals surface area contributed by atoms with E-state index >= 15 is 0 Å². The number of H-pyrrole nitrogens is 1. The molecule has 0 saturated heterocycles. The largest absolute Gasteiger partial charge is 0.346 e. The Hall–Kier alpha value is -1.57. The number of aromatic nitrogens is 2. The molecule has 1 aromatic carbocycles. The average Bonchev–Trinajstić information content (AvgIpc) is 2.67. The normalized spacial score (nSPS) is 8.31. The Bertz CT molecular complexity index is 347. The molecular weight excluding hydrogens is 196 g/mol. The Morgan fingerprint density at radius 1 is 0.938 bits per heavy atom. The second-order valence-electron chi connectivity index (χ2n) is 3.31. The van der Waals surface area contributed by atoms with E-state index in [1.54, 1.807) is 0 Å². The molecule has 0 aliphatic carbocycles. The molecule has 0 atom stereocenters. The lowest BCUT2D eigenvalue weighted by Gasteiger charge is -1.82. The number of imidazole rings is 1. The van der Waals surface area contributed by atoms with Crippen LogP contribution in [0.25, 0.3) is 0 Å². The first-order chi connectivity index (χ1) is 7.68. The second-order valence-corrected chi connectivity index (χ2v) is 3.31. The number of hydrogen-bond acceptors (Lipinski definition) is 1. The lowest BCUT2D eigenvalue weighted by molar-refractivity contribution is 1.13. The molecule has 0 unspecified atom stereocenters. The van der Waals surface area contributed by atoms with Crippen molar-refractivity contribution in [1.82, 2.24) is 9.97 Å². The first-order valence-electron chi connectivity index (χ1n) is 5.68. The van der Waals surface area contributed by atoms with Gasteiger partial charge in [0.15, 0.2) is 0 Å². The summed E-state index contributed by atoms with van der Waals surface area (Å²) in [6.07, 6.45) is 1.81. The van der Waals surface area contributed by atoms with E-state index in [0.717, 1.165) is 11.5 Å². The zero-order valence-electron chi connectivity index (χ0n) is 10.9. The number of rotatable bonds is 0. The van der Waals surface area contributed by atoms with E-state index in [0.29, 0.717) is 0 Å². The van der Waals surface area contributed by atoms with E-state index in [4.69, 9.17) is 0 Å². The van der Waals surface area contributed by atoms with Crippen LogP contribution in [0.3, 0.4) is 0 Å². The van der Waals surface area contributed by atoms with Gasteiger partial charge in [-0.3, -0.25) is 0 Å². The molecule has 1 aromatic heterocycles. The third-order valence-corrected chi connectivity index (χ3v) is 1.77. The quantitative estimate of drug-likeness (QED) is 0.710. The second kappa shape index (κ2) is 8.72. The molecule has 2 aromatic rings. The molecule has 2 heteroatoms. The molecule has 2 rings (SSSR count). The van der Waals surface area contributed by atoms with Crippen LogP contribution in [0.15, 0.2) is 36.5 Å². The third-order valence-electron chi connectivity index (χ3n) is 1.77. The van der Waals surface area contributed by atoms with Crippen LogP contribution in [-0.2, 0) is 0 Å². The predicted octanol–water partition coefficient (Wildman–Crippen LogP) is 4.05. The van der Waals surface area contributed by atoms with Crippen molar-refractivity contribution in [2.45, 2.75) is 34.6 Å². The van der Waals surface area contributed by atoms with Crippen LogP contribution in [0.5, 0.6) is 0 Å². The summed E-state index contributed by atoms with van der Waals surface area (Å²) in [5, 5.41) is 0. The molecular formula is C14H22N2. The summed E-state index contributed by atoms with van der Waals surface area (Å²) in [6.45, 7) is 10.0. The minimum absolute atomic E-state index is 0.984. The summed E-state index contributed by atoms with van der Waals surface area (Å²) in [5.74, 6) is 0.984. The van der Waals surface area contributed by atoms with E-state index in [9.17, 15) is 0 Å². The standard InChI is InChI=1S/C7H8.C5H8N2.C2H6/c1-7-5-3-2-4-6-7;1-4-3-6-5(2)7-4;1-2/h2-6H,1H3;3H,1-2H3,(H,6,7);1-2H3. The van der Waals surface area contributed by atoms with E-state index in [1.165, 1.54) is 5.56 Å². The topological polar surface area (TPSA) is 28.7 Å². The molecule has 0 fully saturated rings. The third kappa shape index (κ3) is 6.82. The van der Waals surface area contributed by atoms with Crippen molar-refractivity contribution in [2.24, 2.45) is 0 Å². The number of aryl methyl sites for hydroxylation is 3. The average molecular weight is 218 g/mol. The SMILES string of the molecule is CC.Cc1ccccc1.Cc1cnc(C)[nH]1. The van der Waals surface area contributed by atoms with Crippen molar-refractivity contribution in [3.05, 3.63) is 53.6 Å². The Morgan fingerprint density at radius 2 is 1.50 bits per heavy atom. The summed E-state index contributed by atoms with van der Waals surface area (Å²) in [6, 6.07) is 10.3. The summed E-state index contributed by atoms with van der Waals surface area (Å²) in [7, 11) is 0. The molecule has 0 saturated carbocycles. The summed E-state index contributed by atoms with van der Waals surface area (Å²) < 4.78 is 0. The van der Waals surface area contributed by atoms with Crippen LogP contribution in [0, 0.1) is 20.8 Å². The van der Waals surface area contributed by atoms with Gasteiger partial charge in [0.25, 0.3) is 0 Å². The molecule has 0 aliphatic heterocycles. The van der Waals surface area contributed by atoms with Gasteiger partial charge in [-0.05, 0) is 20.8 Å². The maximum Gasteiger partial charge on any atom is 0.103 e. The number of nitrogens with zero attached hydrogens (tertiary/aromatic N) is 1. The molecule has 0 spiro atoms. The van der Waals surface area contributed by atoms with E-state index in [1.807, 2.05) is 52.1 Å². The summed E-state index contributed by atoms with van der Waals surface area (Å²) in [4.78, 5) is 6.99. The van der Waals surface area contributed by atoms with Gasteiger partial charge in [-0.25, -0.2) is 4.98 Å². The maximum atomic E-state index is 3.96. The van der Waals surface area contributed by atoms with E-state index in [-0.39, 0.29) is 0 Å². The Morgan fingerprint density at radius 3 is 1.69 bits per heavy atom. The van der Waals surface area contributed by atoms with Gasteiger partial charge in [-0.2, -0.15) is 0 Å². The van der Waals surface area contributed by atoms with Crippen molar-refractivity contribution < 1.29 is 0 Å². The molecule has 1 N–H and O–H groups in total. The predicted molar refractivity (Wildman–Crippen MR) is 70.6 cm³/mol. The van der Waals surface area contributed by atoms with Gasteiger partial charge in [-0.15, -0.1) is 0 Å². The minimum Gasteiger partial charge on any atom is -0.346 e. The fraction of sp³-hybridized carbons (Fsp3) is 0.357. The van der Waals surface area contributed by atoms with Crippen molar-refractivity contribution in [2.75, 3.05) is 0 Å². The number of benzene rings is 1. The fourth-order valence-electron chi connectivity index (χ4n) is 1.08. The molecule has 1 heterocycles. The van der Waals surface area contributed by atoms with Gasteiger partial charge in [-0.1, -0.05) is 49.7 Å². The van der Waals surface area contributed by atoms with E-state index < -0.39 is 0 Å². The van der Waals surface area contributed by atoms with Crippen LogP contribution in [0.1, 0.15) is 30.9 Å². The molecule has 16 heavy (non-hydrogen) atoms. The lowest BCUT2D eigenvalue weighted by Crippen LogP contribution is -1.70. The fourth-order valence-corrected chi connectivity index (χ4v) is 1.08. The zero-order chi connectivity index (χ0) is 12.4. The van der Waals surface area contributed by atoms with Gasteiger partial charge in [0.05, 0.1) is 0 Å². The monoisotopic (exact) mass is 218 g/mol. The highest BCUT2D eigenvalue weighted by Crippen LogP contribution is 1.92. The Labute approximate surface area is 98.8 Å². The van der Waals surface area contributed by atoms with Crippen LogP contribution < -0.4 is 0 Å². The molecule has 0 aliphatic rings. The lowest BCUT2D eigenvalue weighted by atomic mass is 10.2. The van der Waals surface area contributed by atoms with Gasteiger partial charge < -0.3 is 4.98 Å². The Kier molecular flexibility index (Phi) is 7.86. The maximum absolute atomic E-state index is 3.96. The van der Waals surface area contributed by atoms with Crippen LogP contribution in [-0.4, -0.2) is 9.97 Å². The first-order valence-corrected chi connectivity index (χ1v) is 5.68. The first kappa shape index (κ1) is 14.4. The van der Waals surface area contributed by atoms with Gasteiger partial charge in [0.1, 0.15) is 5.82 Å². The smallest absolute Gasteiger partial charge is 0.103 e. The molecule has 0 amide bonds. The van der Waals surface area contributed by atoms with E-state index in [2.05, 4.69) is 29.0 Å². The van der Waals surface area contributed by atoms with Gasteiger partial charge >= 0.3 is 0 Å². The number of aromatic amines is 1. The number of hydrogen-bond donors (Lipinski definition) is 1. The molecule has 2 nitrogen and oxygen atoms in total. The summed E-state index contributed by atoms with van der Waals surface area (Å²) in [5.41, 5.74) is 2.44. The highest BCUT2D eigenvalue weighted by atomic mass is 14.9. The van der Waals surface area contributed by atoms with Crippen molar-refractivity contribution >= 4 is 0 Å². The highest BCUT2D eigenvalue weighted by molar-refractivity contribution is 5.11. The van der Waals surface area contributed by atoms with Crippen LogP contribution >= 0.6 is 0 Å². The van der Waals surface area contributed by atoms with Crippen LogP contribution in [0.2, 0.25) is 0 Å². The number of nitrogens with one attached hydrogen (secondary N) is 1. The molecule has 0 bridgehead atoms. The Balaban J connectivity index is 0.000000244. The van der Waals surface area contributed by atoms with Crippen molar-refractivity contribution in [3.8, 4) is 0 Å². The minimum atomic E-state index is 0.984. The van der Waals surface area contributed by atoms with Crippen molar-refractivity contribution in [3.63, 3.8) is 0 Å². The summed E-state index contributed by atoms with van der Waals surface area (Å²) >= 11 is 0. The van der Waals surface area contributed by atoms with Gasteiger partial charge in [0.2, 0.25) is 0 Å². The molecule has 0 radical (unpaired) electrons. The highest BCUT2D eigenvalue weighted by Gasteiger charge is 1.83. The van der Waals surface area contributed by atoms with Crippen molar-refractivity contribution in [1.29, 1.82) is 0 Å². The zero-order valence-corrected chi connectivity index (χ0v) is 10.9. The molecule has 88 valence electrons. The van der Waals surface area contributed by atoms with Gasteiger partial charge in [0, 0.05) is 11.9 Å².